The van der Waals surface area contributed by atoms with Crippen LogP contribution in [0.25, 0.3) is 11.9 Å². The van der Waals surface area contributed by atoms with Crippen LogP contribution in [0.1, 0.15) is 11.3 Å². The monoisotopic (exact) mass is 497 g/mol. The van der Waals surface area contributed by atoms with E-state index in [-0.39, 0.29) is 12.4 Å². The van der Waals surface area contributed by atoms with Crippen molar-refractivity contribution in [2.24, 2.45) is 0 Å². The van der Waals surface area contributed by atoms with E-state index in [4.69, 9.17) is 34.8 Å². The summed E-state index contributed by atoms with van der Waals surface area (Å²) in [6.45, 7) is 6.76. The summed E-state index contributed by atoms with van der Waals surface area (Å²) in [4.78, 5) is 9.08. The molecule has 0 spiro atoms. The molecule has 1 aliphatic heterocycles. The molecule has 3 heterocycles. The highest BCUT2D eigenvalue weighted by Crippen LogP contribution is 2.26. The number of piperazine rings is 1. The van der Waals surface area contributed by atoms with E-state index in [0.717, 1.165) is 49.7 Å². The summed E-state index contributed by atoms with van der Waals surface area (Å²) < 4.78 is 1.77. The molecule has 31 heavy (non-hydrogen) atoms. The third-order valence-corrected chi connectivity index (χ3v) is 5.96. The van der Waals surface area contributed by atoms with Gasteiger partial charge >= 0.3 is 0 Å². The first-order valence-electron chi connectivity index (χ1n) is 9.77. The zero-order valence-corrected chi connectivity index (χ0v) is 20.1. The molecule has 1 aromatic carbocycles. The number of hydrogen-bond donors (Lipinski definition) is 0. The van der Waals surface area contributed by atoms with Crippen LogP contribution >= 0.6 is 47.2 Å². The summed E-state index contributed by atoms with van der Waals surface area (Å²) in [7, 11) is 0. The molecular formula is C22H23Cl4N5. The number of hydrogen-bond acceptors (Lipinski definition) is 4. The van der Waals surface area contributed by atoms with Gasteiger partial charge in [-0.3, -0.25) is 4.90 Å². The Morgan fingerprint density at radius 3 is 2.42 bits per heavy atom. The van der Waals surface area contributed by atoms with Crippen molar-refractivity contribution >= 4 is 59.0 Å². The van der Waals surface area contributed by atoms with Gasteiger partial charge in [0.15, 0.2) is 5.82 Å². The Morgan fingerprint density at radius 1 is 1.03 bits per heavy atom. The van der Waals surface area contributed by atoms with Gasteiger partial charge in [0.2, 0.25) is 0 Å². The first-order valence-corrected chi connectivity index (χ1v) is 10.9. The van der Waals surface area contributed by atoms with Gasteiger partial charge in [-0.05, 0) is 37.3 Å². The maximum Gasteiger partial charge on any atom is 0.172 e. The average molecular weight is 499 g/mol. The summed E-state index contributed by atoms with van der Waals surface area (Å²) in [6.07, 6.45) is 7.85. The zero-order valence-electron chi connectivity index (χ0n) is 17.0. The van der Waals surface area contributed by atoms with Crippen molar-refractivity contribution in [3.8, 4) is 5.82 Å². The van der Waals surface area contributed by atoms with Crippen LogP contribution in [-0.2, 0) is 0 Å². The second-order valence-electron chi connectivity index (χ2n) is 7.22. The Balaban J connectivity index is 0.00000272. The molecule has 0 atom stereocenters. The van der Waals surface area contributed by atoms with E-state index >= 15 is 0 Å². The minimum atomic E-state index is 0. The maximum absolute atomic E-state index is 6.25. The highest BCUT2D eigenvalue weighted by molar-refractivity contribution is 6.35. The van der Waals surface area contributed by atoms with Crippen LogP contribution in [0.2, 0.25) is 15.1 Å². The molecule has 1 saturated heterocycles. The molecule has 5 nitrogen and oxygen atoms in total. The SMILES string of the molecule is Cc1c(/C=C/CN2CCN(c3cc(Cl)cc(Cl)c3)CC2)cnn1-c1ncccc1Cl.Cl. The van der Waals surface area contributed by atoms with Gasteiger partial charge in [0.05, 0.1) is 16.9 Å². The van der Waals surface area contributed by atoms with Crippen LogP contribution in [0.15, 0.2) is 48.8 Å². The molecule has 2 aromatic heterocycles. The molecule has 0 aliphatic carbocycles. The van der Waals surface area contributed by atoms with E-state index in [1.54, 1.807) is 16.9 Å². The van der Waals surface area contributed by atoms with Crippen LogP contribution in [0, 0.1) is 6.92 Å². The smallest absolute Gasteiger partial charge is 0.172 e. The van der Waals surface area contributed by atoms with Crippen LogP contribution in [0.3, 0.4) is 0 Å². The minimum absolute atomic E-state index is 0. The van der Waals surface area contributed by atoms with Crippen LogP contribution < -0.4 is 4.90 Å². The number of anilines is 1. The van der Waals surface area contributed by atoms with Crippen molar-refractivity contribution in [2.45, 2.75) is 6.92 Å². The fourth-order valence-electron chi connectivity index (χ4n) is 3.57. The van der Waals surface area contributed by atoms with E-state index in [1.807, 2.05) is 37.4 Å². The third-order valence-electron chi connectivity index (χ3n) is 5.23. The fraction of sp³-hybridized carbons (Fsp3) is 0.273. The molecule has 0 saturated carbocycles. The third kappa shape index (κ3) is 5.73. The van der Waals surface area contributed by atoms with E-state index in [0.29, 0.717) is 20.9 Å². The Hall–Kier alpha value is -1.76. The molecule has 0 bridgehead atoms. The van der Waals surface area contributed by atoms with Gasteiger partial charge in [0.25, 0.3) is 0 Å². The highest BCUT2D eigenvalue weighted by Gasteiger charge is 2.17. The lowest BCUT2D eigenvalue weighted by atomic mass is 10.2. The average Bonchev–Trinajstić information content (AvgIpc) is 3.08. The number of pyridine rings is 1. The fourth-order valence-corrected chi connectivity index (χ4v) is 4.29. The largest absolute Gasteiger partial charge is 0.369 e. The van der Waals surface area contributed by atoms with Crippen molar-refractivity contribution in [3.63, 3.8) is 0 Å². The standard InChI is InChI=1S/C22H22Cl3N5.ClH/c1-16-17(15-27-30(16)22-21(25)5-2-6-26-22)4-3-7-28-8-10-29(11-9-28)20-13-18(23)12-19(24)14-20;/h2-6,12-15H,7-11H2,1H3;1H/b4-3+;. The van der Waals surface area contributed by atoms with Crippen LogP contribution in [-0.4, -0.2) is 52.4 Å². The van der Waals surface area contributed by atoms with Crippen molar-refractivity contribution in [1.82, 2.24) is 19.7 Å². The van der Waals surface area contributed by atoms with Gasteiger partial charge in [-0.15, -0.1) is 12.4 Å². The number of rotatable bonds is 5. The second kappa shape index (κ2) is 10.7. The molecule has 0 radical (unpaired) electrons. The highest BCUT2D eigenvalue weighted by atomic mass is 35.5. The molecule has 0 unspecified atom stereocenters. The first kappa shape index (κ1) is 23.9. The lowest BCUT2D eigenvalue weighted by Crippen LogP contribution is -2.46. The first-order chi connectivity index (χ1) is 14.5. The van der Waals surface area contributed by atoms with Crippen molar-refractivity contribution in [1.29, 1.82) is 0 Å². The molecule has 4 rings (SSSR count). The molecular weight excluding hydrogens is 476 g/mol. The van der Waals surface area contributed by atoms with E-state index in [2.05, 4.69) is 32.0 Å². The number of halogens is 4. The van der Waals surface area contributed by atoms with Crippen LogP contribution in [0.5, 0.6) is 0 Å². The number of aromatic nitrogens is 3. The molecule has 9 heteroatoms. The Morgan fingerprint density at radius 2 is 1.74 bits per heavy atom. The Bertz CT molecular complexity index is 1040. The Labute approximate surface area is 203 Å². The van der Waals surface area contributed by atoms with E-state index < -0.39 is 0 Å². The summed E-state index contributed by atoms with van der Waals surface area (Å²) in [5.74, 6) is 0.647. The summed E-state index contributed by atoms with van der Waals surface area (Å²) >= 11 is 18.5. The normalized spacial score (nSPS) is 14.8. The topological polar surface area (TPSA) is 37.2 Å². The zero-order chi connectivity index (χ0) is 21.1. The van der Waals surface area contributed by atoms with E-state index in [9.17, 15) is 0 Å². The number of nitrogens with zero attached hydrogens (tertiary/aromatic N) is 5. The van der Waals surface area contributed by atoms with Gasteiger partial charge in [0.1, 0.15) is 0 Å². The molecule has 0 amide bonds. The van der Waals surface area contributed by atoms with Crippen molar-refractivity contribution < 1.29 is 0 Å². The summed E-state index contributed by atoms with van der Waals surface area (Å²) in [5, 5.41) is 6.37. The Kier molecular flexibility index (Phi) is 8.25. The summed E-state index contributed by atoms with van der Waals surface area (Å²) in [5.41, 5.74) is 3.15. The lowest BCUT2D eigenvalue weighted by Gasteiger charge is -2.35. The minimum Gasteiger partial charge on any atom is -0.369 e. The predicted octanol–water partition coefficient (Wildman–Crippen LogP) is 5.79. The van der Waals surface area contributed by atoms with Gasteiger partial charge in [0, 0.05) is 60.2 Å². The molecule has 1 aliphatic rings. The second-order valence-corrected chi connectivity index (χ2v) is 8.50. The van der Waals surface area contributed by atoms with E-state index in [1.165, 1.54) is 0 Å². The van der Waals surface area contributed by atoms with Crippen LogP contribution in [0.4, 0.5) is 5.69 Å². The predicted molar refractivity (Wildman–Crippen MR) is 133 cm³/mol. The molecule has 0 N–H and O–H groups in total. The quantitative estimate of drug-likeness (QED) is 0.446. The molecule has 164 valence electrons. The van der Waals surface area contributed by atoms with Gasteiger partial charge in [-0.25, -0.2) is 9.67 Å². The van der Waals surface area contributed by atoms with Gasteiger partial charge in [-0.1, -0.05) is 47.0 Å². The summed E-state index contributed by atoms with van der Waals surface area (Å²) in [6, 6.07) is 9.33. The van der Waals surface area contributed by atoms with Gasteiger partial charge < -0.3 is 4.90 Å². The van der Waals surface area contributed by atoms with Crippen molar-refractivity contribution in [2.75, 3.05) is 37.6 Å². The number of benzene rings is 1. The molecule has 3 aromatic rings. The van der Waals surface area contributed by atoms with Crippen molar-refractivity contribution in [3.05, 3.63) is 75.1 Å². The maximum atomic E-state index is 6.25. The molecule has 1 fully saturated rings. The van der Waals surface area contributed by atoms with Gasteiger partial charge in [-0.2, -0.15) is 5.10 Å². The lowest BCUT2D eigenvalue weighted by molar-refractivity contribution is 0.284.